The minimum Gasteiger partial charge on any atom is -0.410 e. The number of nitrogens with one attached hydrogen (secondary N) is 1. The van der Waals surface area contributed by atoms with E-state index < -0.39 is 0 Å². The van der Waals surface area contributed by atoms with Crippen LogP contribution in [-0.2, 0) is 0 Å². The quantitative estimate of drug-likeness (QED) is 0.408. The lowest BCUT2D eigenvalue weighted by molar-refractivity contribution is 0.320. The summed E-state index contributed by atoms with van der Waals surface area (Å²) in [5.41, 5.74) is 5.64. The third kappa shape index (κ3) is 1.36. The molecule has 0 saturated heterocycles. The van der Waals surface area contributed by atoms with E-state index in [-0.39, 0.29) is 0 Å². The summed E-state index contributed by atoms with van der Waals surface area (Å²) < 4.78 is 0. The topological polar surface area (TPSA) is 61.3 Å². The smallest absolute Gasteiger partial charge is 0.137 e. The summed E-state index contributed by atoms with van der Waals surface area (Å²) in [4.78, 5) is 7.46. The van der Waals surface area contributed by atoms with Crippen molar-refractivity contribution in [3.63, 3.8) is 0 Å². The summed E-state index contributed by atoms with van der Waals surface area (Å²) in [6.07, 6.45) is 3.53. The van der Waals surface area contributed by atoms with E-state index in [9.17, 15) is 5.21 Å². The van der Waals surface area contributed by atoms with Gasteiger partial charge in [-0.2, -0.15) is 0 Å². The highest BCUT2D eigenvalue weighted by atomic mass is 16.4. The Balaban J connectivity index is 2.10. The van der Waals surface area contributed by atoms with Crippen molar-refractivity contribution in [2.75, 3.05) is 0 Å². The molecule has 1 aliphatic rings. The Kier molecular flexibility index (Phi) is 2.23. The summed E-state index contributed by atoms with van der Waals surface area (Å²) >= 11 is 0. The number of rotatable bonds is 1. The van der Waals surface area contributed by atoms with Crippen LogP contribution in [0, 0.1) is 0 Å². The number of aromatic nitrogens is 2. The third-order valence-corrected chi connectivity index (χ3v) is 3.62. The molecular weight excluding hydrogens is 250 g/mol. The first kappa shape index (κ1) is 11.0. The summed E-state index contributed by atoms with van der Waals surface area (Å²) in [5.74, 6) is 0.816. The predicted octanol–water partition coefficient (Wildman–Crippen LogP) is 3.28. The van der Waals surface area contributed by atoms with E-state index in [1.807, 2.05) is 42.5 Å². The zero-order valence-corrected chi connectivity index (χ0v) is 10.5. The molecule has 1 aliphatic carbocycles. The predicted molar refractivity (Wildman–Crippen MR) is 76.9 cm³/mol. The molecule has 0 unspecified atom stereocenters. The number of hydrogen-bond donors (Lipinski definition) is 2. The second-order valence-corrected chi connectivity index (χ2v) is 4.66. The molecule has 2 aromatic carbocycles. The van der Waals surface area contributed by atoms with Gasteiger partial charge in [0.1, 0.15) is 11.5 Å². The van der Waals surface area contributed by atoms with Gasteiger partial charge in [-0.15, -0.1) is 0 Å². The van der Waals surface area contributed by atoms with Crippen molar-refractivity contribution in [2.45, 2.75) is 0 Å². The van der Waals surface area contributed by atoms with Gasteiger partial charge in [0.05, 0.1) is 0 Å². The number of oxime groups is 1. The maximum Gasteiger partial charge on any atom is 0.137 e. The number of aromatic amines is 1. The number of fused-ring (bicyclic) bond motifs is 3. The number of imidazole rings is 1. The minimum atomic E-state index is 0.615. The van der Waals surface area contributed by atoms with E-state index in [1.165, 1.54) is 0 Å². The van der Waals surface area contributed by atoms with Gasteiger partial charge in [0.25, 0.3) is 0 Å². The van der Waals surface area contributed by atoms with Crippen molar-refractivity contribution in [1.82, 2.24) is 9.97 Å². The average Bonchev–Trinajstić information content (AvgIpc) is 3.13. The lowest BCUT2D eigenvalue weighted by atomic mass is 9.99. The Bertz CT molecular complexity index is 819. The highest BCUT2D eigenvalue weighted by Gasteiger charge is 2.28. The van der Waals surface area contributed by atoms with Crippen LogP contribution in [0.2, 0.25) is 0 Å². The van der Waals surface area contributed by atoms with E-state index in [1.54, 1.807) is 12.4 Å². The molecule has 4 heteroatoms. The van der Waals surface area contributed by atoms with Gasteiger partial charge in [-0.1, -0.05) is 47.6 Å². The second kappa shape index (κ2) is 4.06. The highest BCUT2D eigenvalue weighted by molar-refractivity contribution is 6.25. The molecule has 1 aromatic heterocycles. The molecule has 20 heavy (non-hydrogen) atoms. The maximum absolute atomic E-state index is 9.35. The molecule has 0 aliphatic heterocycles. The Hall–Kier alpha value is -2.88. The molecule has 0 radical (unpaired) electrons. The molecule has 0 spiro atoms. The molecular formula is C16H11N3O. The summed E-state index contributed by atoms with van der Waals surface area (Å²) in [5, 5.41) is 12.8. The zero-order valence-electron chi connectivity index (χ0n) is 10.5. The van der Waals surface area contributed by atoms with Crippen molar-refractivity contribution in [3.05, 3.63) is 66.0 Å². The standard InChI is InChI=1S/C16H11N3O/c20-19-15-11-5-2-1-4-10(11)14-12(15)6-3-7-13(14)16-17-8-9-18-16/h1-9,20H,(H,17,18). The lowest BCUT2D eigenvalue weighted by Gasteiger charge is -2.06. The van der Waals surface area contributed by atoms with E-state index in [4.69, 9.17) is 0 Å². The molecule has 3 aromatic rings. The average molecular weight is 261 g/mol. The fraction of sp³-hybridized carbons (Fsp3) is 0. The minimum absolute atomic E-state index is 0.615. The SMILES string of the molecule is ON=C1c2ccccc2-c2c1cccc2-c1ncc[nH]1. The second-order valence-electron chi connectivity index (χ2n) is 4.66. The number of hydrogen-bond acceptors (Lipinski definition) is 3. The maximum atomic E-state index is 9.35. The van der Waals surface area contributed by atoms with Gasteiger partial charge in [0.2, 0.25) is 0 Å². The normalized spacial score (nSPS) is 14.3. The van der Waals surface area contributed by atoms with Gasteiger partial charge in [-0.05, 0) is 5.56 Å². The molecule has 4 rings (SSSR count). The molecule has 0 bridgehead atoms. The molecule has 0 amide bonds. The Morgan fingerprint density at radius 3 is 2.40 bits per heavy atom. The van der Waals surface area contributed by atoms with E-state index in [0.717, 1.165) is 33.6 Å². The van der Waals surface area contributed by atoms with Crippen LogP contribution < -0.4 is 0 Å². The molecule has 1 heterocycles. The van der Waals surface area contributed by atoms with Crippen molar-refractivity contribution in [3.8, 4) is 22.5 Å². The molecule has 96 valence electrons. The molecule has 2 N–H and O–H groups in total. The van der Waals surface area contributed by atoms with Crippen LogP contribution in [0.4, 0.5) is 0 Å². The first-order chi connectivity index (χ1) is 9.90. The fourth-order valence-electron chi connectivity index (χ4n) is 2.81. The highest BCUT2D eigenvalue weighted by Crippen LogP contribution is 2.42. The largest absolute Gasteiger partial charge is 0.410 e. The Labute approximate surface area is 115 Å². The van der Waals surface area contributed by atoms with Crippen LogP contribution >= 0.6 is 0 Å². The van der Waals surface area contributed by atoms with Crippen molar-refractivity contribution >= 4 is 5.71 Å². The summed E-state index contributed by atoms with van der Waals surface area (Å²) in [7, 11) is 0. The van der Waals surface area contributed by atoms with Gasteiger partial charge < -0.3 is 10.2 Å². The van der Waals surface area contributed by atoms with Crippen molar-refractivity contribution < 1.29 is 5.21 Å². The Morgan fingerprint density at radius 1 is 0.900 bits per heavy atom. The van der Waals surface area contributed by atoms with Crippen molar-refractivity contribution in [2.24, 2.45) is 5.16 Å². The third-order valence-electron chi connectivity index (χ3n) is 3.62. The van der Waals surface area contributed by atoms with E-state index in [0.29, 0.717) is 5.71 Å². The van der Waals surface area contributed by atoms with Crippen LogP contribution in [-0.4, -0.2) is 20.9 Å². The van der Waals surface area contributed by atoms with Crippen LogP contribution in [0.3, 0.4) is 0 Å². The Morgan fingerprint density at radius 2 is 1.65 bits per heavy atom. The van der Waals surface area contributed by atoms with Crippen LogP contribution in [0.1, 0.15) is 11.1 Å². The molecule has 0 fully saturated rings. The molecule has 0 saturated carbocycles. The monoisotopic (exact) mass is 261 g/mol. The fourth-order valence-corrected chi connectivity index (χ4v) is 2.81. The number of nitrogens with zero attached hydrogens (tertiary/aromatic N) is 2. The lowest BCUT2D eigenvalue weighted by Crippen LogP contribution is -1.97. The summed E-state index contributed by atoms with van der Waals surface area (Å²) in [6, 6.07) is 13.9. The first-order valence-corrected chi connectivity index (χ1v) is 6.35. The van der Waals surface area contributed by atoms with E-state index >= 15 is 0 Å². The van der Waals surface area contributed by atoms with Gasteiger partial charge in [0, 0.05) is 34.6 Å². The van der Waals surface area contributed by atoms with Crippen LogP contribution in [0.5, 0.6) is 0 Å². The zero-order chi connectivity index (χ0) is 13.5. The number of benzene rings is 2. The summed E-state index contributed by atoms with van der Waals surface area (Å²) in [6.45, 7) is 0. The molecule has 0 atom stereocenters. The first-order valence-electron chi connectivity index (χ1n) is 6.35. The van der Waals surface area contributed by atoms with Crippen LogP contribution in [0.15, 0.2) is 60.0 Å². The van der Waals surface area contributed by atoms with Crippen LogP contribution in [0.25, 0.3) is 22.5 Å². The number of H-pyrrole nitrogens is 1. The van der Waals surface area contributed by atoms with E-state index in [2.05, 4.69) is 15.1 Å². The van der Waals surface area contributed by atoms with Gasteiger partial charge in [-0.3, -0.25) is 0 Å². The van der Waals surface area contributed by atoms with Crippen molar-refractivity contribution in [1.29, 1.82) is 0 Å². The van der Waals surface area contributed by atoms with Gasteiger partial charge in [0.15, 0.2) is 0 Å². The van der Waals surface area contributed by atoms with Gasteiger partial charge in [-0.25, -0.2) is 4.98 Å². The van der Waals surface area contributed by atoms with Gasteiger partial charge >= 0.3 is 0 Å². The molecule has 4 nitrogen and oxygen atoms in total.